The SMILES string of the molecule is N=C/C=C\c1ccc2c3ccccc3n3c2c1CC3(c1ccccc1)c1ccccc1. The highest BCUT2D eigenvalue weighted by molar-refractivity contribution is 6.11. The zero-order valence-electron chi connectivity index (χ0n) is 17.1. The number of hydrogen-bond acceptors (Lipinski definition) is 1. The minimum atomic E-state index is -0.319. The summed E-state index contributed by atoms with van der Waals surface area (Å²) in [6.07, 6.45) is 6.12. The summed E-state index contributed by atoms with van der Waals surface area (Å²) in [4.78, 5) is 0. The van der Waals surface area contributed by atoms with Gasteiger partial charge in [0.2, 0.25) is 0 Å². The predicted molar refractivity (Wildman–Crippen MR) is 130 cm³/mol. The molecule has 0 fully saturated rings. The number of fused-ring (bicyclic) bond motifs is 3. The standard InChI is InChI=1S/C29H22N2/c30-19-9-10-21-17-18-25-24-15-7-8-16-27(24)31-28(25)26(21)20-29(31,22-11-3-1-4-12-22)23-13-5-2-6-14-23/h1-19,30H,20H2/b10-9-,30-19?. The zero-order chi connectivity index (χ0) is 20.8. The number of hydrogen-bond donors (Lipinski definition) is 1. The van der Waals surface area contributed by atoms with Crippen LogP contribution in [0, 0.1) is 5.41 Å². The summed E-state index contributed by atoms with van der Waals surface area (Å²) in [5, 5.41) is 10.1. The van der Waals surface area contributed by atoms with Crippen molar-refractivity contribution in [1.29, 1.82) is 5.41 Å². The third-order valence-corrected chi connectivity index (χ3v) is 6.67. The summed E-state index contributed by atoms with van der Waals surface area (Å²) >= 11 is 0. The number of aromatic nitrogens is 1. The maximum atomic E-state index is 7.47. The highest BCUT2D eigenvalue weighted by atomic mass is 15.1. The molecule has 0 spiro atoms. The van der Waals surface area contributed by atoms with E-state index in [2.05, 4.69) is 108 Å². The highest BCUT2D eigenvalue weighted by Gasteiger charge is 2.44. The molecule has 1 aromatic heterocycles. The summed E-state index contributed by atoms with van der Waals surface area (Å²) in [6.45, 7) is 0. The number of allylic oxidation sites excluding steroid dienone is 1. The van der Waals surface area contributed by atoms with E-state index >= 15 is 0 Å². The number of benzene rings is 4. The summed E-state index contributed by atoms with van der Waals surface area (Å²) in [5.74, 6) is 0. The van der Waals surface area contributed by atoms with Gasteiger partial charge in [-0.3, -0.25) is 0 Å². The van der Waals surface area contributed by atoms with Crippen molar-refractivity contribution in [3.63, 3.8) is 0 Å². The van der Waals surface area contributed by atoms with Crippen LogP contribution in [0.5, 0.6) is 0 Å². The molecule has 2 heterocycles. The van der Waals surface area contributed by atoms with Crippen LogP contribution < -0.4 is 0 Å². The second-order valence-corrected chi connectivity index (χ2v) is 8.18. The smallest absolute Gasteiger partial charge is 0.0996 e. The van der Waals surface area contributed by atoms with E-state index in [4.69, 9.17) is 5.41 Å². The molecule has 2 heteroatoms. The van der Waals surface area contributed by atoms with Crippen LogP contribution in [0.15, 0.2) is 103 Å². The molecule has 0 amide bonds. The molecule has 4 aromatic carbocycles. The molecule has 0 bridgehead atoms. The van der Waals surface area contributed by atoms with E-state index in [1.54, 1.807) is 0 Å². The second-order valence-electron chi connectivity index (χ2n) is 8.18. The van der Waals surface area contributed by atoms with Gasteiger partial charge in [0.05, 0.1) is 16.6 Å². The molecular weight excluding hydrogens is 376 g/mol. The Bertz CT molecular complexity index is 1420. The Morgan fingerprint density at radius 2 is 1.35 bits per heavy atom. The zero-order valence-corrected chi connectivity index (χ0v) is 17.1. The largest absolute Gasteiger partial charge is 0.325 e. The average Bonchev–Trinajstić information content (AvgIpc) is 3.38. The third kappa shape index (κ3) is 2.42. The summed E-state index contributed by atoms with van der Waals surface area (Å²) in [7, 11) is 0. The molecule has 0 radical (unpaired) electrons. The number of rotatable bonds is 4. The molecule has 5 aromatic rings. The van der Waals surface area contributed by atoms with E-state index in [1.165, 1.54) is 50.3 Å². The maximum absolute atomic E-state index is 7.47. The van der Waals surface area contributed by atoms with Crippen molar-refractivity contribution in [3.8, 4) is 0 Å². The molecule has 31 heavy (non-hydrogen) atoms. The van der Waals surface area contributed by atoms with Crippen molar-refractivity contribution >= 4 is 34.1 Å². The molecule has 0 saturated carbocycles. The lowest BCUT2D eigenvalue weighted by atomic mass is 9.79. The lowest BCUT2D eigenvalue weighted by Gasteiger charge is -2.34. The molecule has 2 nitrogen and oxygen atoms in total. The summed E-state index contributed by atoms with van der Waals surface area (Å²) in [6, 6.07) is 35.0. The quantitative estimate of drug-likeness (QED) is 0.322. The normalized spacial score (nSPS) is 14.6. The Balaban J connectivity index is 1.81. The van der Waals surface area contributed by atoms with Crippen LogP contribution in [0.3, 0.4) is 0 Å². The second kappa shape index (κ2) is 6.82. The molecule has 0 saturated heterocycles. The fourth-order valence-electron chi connectivity index (χ4n) is 5.42. The molecule has 1 N–H and O–H groups in total. The van der Waals surface area contributed by atoms with E-state index in [1.807, 2.05) is 6.08 Å². The van der Waals surface area contributed by atoms with Gasteiger partial charge in [0, 0.05) is 23.4 Å². The molecule has 6 rings (SSSR count). The molecule has 0 aliphatic carbocycles. The van der Waals surface area contributed by atoms with Crippen molar-refractivity contribution in [1.82, 2.24) is 4.57 Å². The van der Waals surface area contributed by atoms with Gasteiger partial charge in [-0.2, -0.15) is 0 Å². The molecule has 0 unspecified atom stereocenters. The first-order chi connectivity index (χ1) is 15.3. The Labute approximate surface area is 181 Å². The molecule has 1 aliphatic rings. The van der Waals surface area contributed by atoms with Crippen molar-refractivity contribution in [3.05, 3.63) is 125 Å². The Hall–Kier alpha value is -3.91. The van der Waals surface area contributed by atoms with Crippen LogP contribution >= 0.6 is 0 Å². The molecule has 148 valence electrons. The monoisotopic (exact) mass is 398 g/mol. The van der Waals surface area contributed by atoms with Gasteiger partial charge in [-0.1, -0.05) is 97.1 Å². The van der Waals surface area contributed by atoms with Crippen molar-refractivity contribution < 1.29 is 0 Å². The van der Waals surface area contributed by atoms with Gasteiger partial charge in [0.1, 0.15) is 0 Å². The van der Waals surface area contributed by atoms with E-state index in [9.17, 15) is 0 Å². The number of para-hydroxylation sites is 1. The third-order valence-electron chi connectivity index (χ3n) is 6.67. The summed E-state index contributed by atoms with van der Waals surface area (Å²) < 4.78 is 2.57. The van der Waals surface area contributed by atoms with Gasteiger partial charge in [-0.15, -0.1) is 0 Å². The fourth-order valence-corrected chi connectivity index (χ4v) is 5.42. The van der Waals surface area contributed by atoms with Gasteiger partial charge in [-0.05, 0) is 34.4 Å². The first-order valence-corrected chi connectivity index (χ1v) is 10.7. The van der Waals surface area contributed by atoms with E-state index in [0.717, 1.165) is 6.42 Å². The van der Waals surface area contributed by atoms with Gasteiger partial charge >= 0.3 is 0 Å². The minimum Gasteiger partial charge on any atom is -0.325 e. The van der Waals surface area contributed by atoms with Crippen LogP contribution in [0.4, 0.5) is 0 Å². The summed E-state index contributed by atoms with van der Waals surface area (Å²) in [5.41, 5.74) is 7.37. The Kier molecular flexibility index (Phi) is 3.94. The van der Waals surface area contributed by atoms with E-state index in [-0.39, 0.29) is 5.54 Å². The van der Waals surface area contributed by atoms with E-state index in [0.29, 0.717) is 0 Å². The van der Waals surface area contributed by atoms with Gasteiger partial charge in [-0.25, -0.2) is 0 Å². The number of nitrogens with one attached hydrogen (secondary N) is 1. The molecular formula is C29H22N2. The predicted octanol–water partition coefficient (Wildman–Crippen LogP) is 6.81. The highest BCUT2D eigenvalue weighted by Crippen LogP contribution is 2.50. The topological polar surface area (TPSA) is 28.8 Å². The van der Waals surface area contributed by atoms with Gasteiger partial charge in [0.25, 0.3) is 0 Å². The lowest BCUT2D eigenvalue weighted by Crippen LogP contribution is -2.35. The van der Waals surface area contributed by atoms with Crippen LogP contribution in [-0.2, 0) is 12.0 Å². The van der Waals surface area contributed by atoms with Crippen molar-refractivity contribution in [2.24, 2.45) is 0 Å². The van der Waals surface area contributed by atoms with E-state index < -0.39 is 0 Å². The first kappa shape index (κ1) is 17.9. The van der Waals surface area contributed by atoms with Gasteiger partial charge < -0.3 is 9.98 Å². The Morgan fingerprint density at radius 1 is 0.710 bits per heavy atom. The van der Waals surface area contributed by atoms with Crippen LogP contribution in [0.1, 0.15) is 22.3 Å². The van der Waals surface area contributed by atoms with Crippen LogP contribution in [0.25, 0.3) is 27.9 Å². The maximum Gasteiger partial charge on any atom is 0.0996 e. The molecule has 0 atom stereocenters. The van der Waals surface area contributed by atoms with Crippen molar-refractivity contribution in [2.75, 3.05) is 0 Å². The molecule has 1 aliphatic heterocycles. The van der Waals surface area contributed by atoms with Crippen molar-refractivity contribution in [2.45, 2.75) is 12.0 Å². The minimum absolute atomic E-state index is 0.319. The Morgan fingerprint density at radius 3 is 2.03 bits per heavy atom. The van der Waals surface area contributed by atoms with Crippen LogP contribution in [-0.4, -0.2) is 10.8 Å². The first-order valence-electron chi connectivity index (χ1n) is 10.7. The lowest BCUT2D eigenvalue weighted by molar-refractivity contribution is 0.480. The van der Waals surface area contributed by atoms with Crippen LogP contribution in [0.2, 0.25) is 0 Å². The fraction of sp³-hybridized carbons (Fsp3) is 0.0690. The number of nitrogens with zero attached hydrogens (tertiary/aromatic N) is 1. The average molecular weight is 399 g/mol. The van der Waals surface area contributed by atoms with Gasteiger partial charge in [0.15, 0.2) is 0 Å².